The number of nitro benzene ring substituents is 1. The molecule has 0 aliphatic carbocycles. The normalized spacial score (nSPS) is 14.4. The van der Waals surface area contributed by atoms with Gasteiger partial charge in [0.05, 0.1) is 10.6 Å². The second-order valence-electron chi connectivity index (χ2n) is 3.08. The summed E-state index contributed by atoms with van der Waals surface area (Å²) in [6.45, 7) is 0. The van der Waals surface area contributed by atoms with E-state index in [1.54, 1.807) is 12.1 Å². The Morgan fingerprint density at radius 1 is 1.29 bits per heavy atom. The number of thioether (sulfide) groups is 1. The molecule has 0 radical (unpaired) electrons. The zero-order valence-corrected chi connectivity index (χ0v) is 11.1. The van der Waals surface area contributed by atoms with E-state index in [2.05, 4.69) is 10.2 Å². The number of nitro groups is 1. The predicted octanol–water partition coefficient (Wildman–Crippen LogP) is 1.94. The van der Waals surface area contributed by atoms with Crippen molar-refractivity contribution in [2.75, 3.05) is 5.75 Å². The van der Waals surface area contributed by atoms with Gasteiger partial charge in [0.1, 0.15) is 0 Å². The van der Waals surface area contributed by atoms with E-state index in [0.29, 0.717) is 10.9 Å². The molecule has 1 aliphatic rings. The number of rotatable bonds is 2. The number of amidine groups is 1. The van der Waals surface area contributed by atoms with Crippen molar-refractivity contribution < 1.29 is 4.92 Å². The van der Waals surface area contributed by atoms with Crippen LogP contribution in [0, 0.1) is 10.1 Å². The second kappa shape index (κ2) is 5.78. The molecule has 0 spiro atoms. The Labute approximate surface area is 112 Å². The van der Waals surface area contributed by atoms with Crippen LogP contribution in [0.25, 0.3) is 0 Å². The predicted molar refractivity (Wildman–Crippen MR) is 74.0 cm³/mol. The maximum Gasteiger partial charge on any atom is 0.269 e. The number of nitrogens with zero attached hydrogens (tertiary/aromatic N) is 3. The van der Waals surface area contributed by atoms with Gasteiger partial charge in [0.2, 0.25) is 0 Å². The Morgan fingerprint density at radius 3 is 2.41 bits per heavy atom. The Hall–Kier alpha value is -1.41. The molecule has 90 valence electrons. The van der Waals surface area contributed by atoms with E-state index in [1.807, 2.05) is 0 Å². The highest BCUT2D eigenvalue weighted by atomic mass is 79.9. The van der Waals surface area contributed by atoms with E-state index in [0.717, 1.165) is 11.3 Å². The number of hydrogen-bond acceptors (Lipinski definition) is 6. The lowest BCUT2D eigenvalue weighted by Gasteiger charge is -2.08. The van der Waals surface area contributed by atoms with Crippen LogP contribution in [0.1, 0.15) is 5.56 Å². The Balaban J connectivity index is 0.00000144. The summed E-state index contributed by atoms with van der Waals surface area (Å²) in [5, 5.41) is 18.6. The van der Waals surface area contributed by atoms with Gasteiger partial charge in [-0.2, -0.15) is 5.10 Å². The molecular weight excluding hydrogens is 308 g/mol. The molecule has 0 saturated carbocycles. The SMILES string of the molecule is Br.NC1=NN=C(c2ccc([N+](=O)[O-])cc2)CS1. The van der Waals surface area contributed by atoms with Gasteiger partial charge in [0, 0.05) is 17.9 Å². The van der Waals surface area contributed by atoms with Gasteiger partial charge in [0.25, 0.3) is 5.69 Å². The molecule has 1 aromatic carbocycles. The van der Waals surface area contributed by atoms with E-state index in [1.165, 1.54) is 23.9 Å². The molecule has 0 unspecified atom stereocenters. The molecular formula is C9H9BrN4O2S. The molecule has 1 aliphatic heterocycles. The Kier molecular flexibility index (Phi) is 4.64. The van der Waals surface area contributed by atoms with Crippen LogP contribution in [0.5, 0.6) is 0 Å². The smallest absolute Gasteiger partial charge is 0.269 e. The molecule has 2 N–H and O–H groups in total. The fourth-order valence-electron chi connectivity index (χ4n) is 1.23. The minimum atomic E-state index is -0.433. The highest BCUT2D eigenvalue weighted by Crippen LogP contribution is 2.16. The first-order valence-electron chi connectivity index (χ1n) is 4.44. The highest BCUT2D eigenvalue weighted by Gasteiger charge is 2.11. The van der Waals surface area contributed by atoms with Crippen LogP contribution in [-0.2, 0) is 0 Å². The van der Waals surface area contributed by atoms with Gasteiger partial charge in [-0.1, -0.05) is 11.8 Å². The summed E-state index contributed by atoms with van der Waals surface area (Å²) in [6.07, 6.45) is 0. The zero-order valence-electron chi connectivity index (χ0n) is 8.57. The summed E-state index contributed by atoms with van der Waals surface area (Å²) in [4.78, 5) is 10.0. The molecule has 0 bridgehead atoms. The Bertz CT molecular complexity index is 486. The number of nitrogens with two attached hydrogens (primary N) is 1. The van der Waals surface area contributed by atoms with Gasteiger partial charge >= 0.3 is 0 Å². The lowest BCUT2D eigenvalue weighted by atomic mass is 10.1. The van der Waals surface area contributed by atoms with Gasteiger partial charge in [-0.15, -0.1) is 22.1 Å². The topological polar surface area (TPSA) is 93.9 Å². The molecule has 0 amide bonds. The van der Waals surface area contributed by atoms with Crippen molar-refractivity contribution in [1.82, 2.24) is 0 Å². The fraction of sp³-hybridized carbons (Fsp3) is 0.111. The minimum absolute atomic E-state index is 0. The summed E-state index contributed by atoms with van der Waals surface area (Å²) >= 11 is 1.39. The average molecular weight is 317 g/mol. The van der Waals surface area contributed by atoms with E-state index >= 15 is 0 Å². The largest absolute Gasteiger partial charge is 0.377 e. The summed E-state index contributed by atoms with van der Waals surface area (Å²) in [6, 6.07) is 6.22. The molecule has 6 nitrogen and oxygen atoms in total. The minimum Gasteiger partial charge on any atom is -0.377 e. The third kappa shape index (κ3) is 3.27. The monoisotopic (exact) mass is 316 g/mol. The lowest BCUT2D eigenvalue weighted by Crippen LogP contribution is -2.16. The van der Waals surface area contributed by atoms with Crippen LogP contribution in [0.4, 0.5) is 5.69 Å². The van der Waals surface area contributed by atoms with E-state index in [9.17, 15) is 10.1 Å². The van der Waals surface area contributed by atoms with Crippen LogP contribution in [0.3, 0.4) is 0 Å². The maximum absolute atomic E-state index is 10.5. The molecule has 1 aromatic rings. The van der Waals surface area contributed by atoms with Crippen molar-refractivity contribution in [2.24, 2.45) is 15.9 Å². The summed E-state index contributed by atoms with van der Waals surface area (Å²) in [5.74, 6) is 0.632. The number of halogens is 1. The lowest BCUT2D eigenvalue weighted by molar-refractivity contribution is -0.384. The van der Waals surface area contributed by atoms with Crippen LogP contribution in [-0.4, -0.2) is 21.6 Å². The van der Waals surface area contributed by atoms with Gasteiger partial charge in [-0.05, 0) is 17.7 Å². The van der Waals surface area contributed by atoms with Gasteiger partial charge in [-0.25, -0.2) is 0 Å². The first kappa shape index (κ1) is 13.7. The third-order valence-corrected chi connectivity index (χ3v) is 2.83. The summed E-state index contributed by atoms with van der Waals surface area (Å²) in [7, 11) is 0. The van der Waals surface area contributed by atoms with E-state index < -0.39 is 4.92 Å². The van der Waals surface area contributed by atoms with Crippen molar-refractivity contribution in [1.29, 1.82) is 0 Å². The first-order valence-corrected chi connectivity index (χ1v) is 5.43. The number of hydrogen-bond donors (Lipinski definition) is 1. The maximum atomic E-state index is 10.5. The standard InChI is InChI=1S/C9H8N4O2S.BrH/c10-9-12-11-8(5-16-9)6-1-3-7(4-2-6)13(14)15;/h1-4H,5H2,(H2,10,12);1H. The molecule has 0 aromatic heterocycles. The second-order valence-corrected chi connectivity index (χ2v) is 4.07. The third-order valence-electron chi connectivity index (χ3n) is 2.04. The fourth-order valence-corrected chi connectivity index (χ4v) is 1.83. The van der Waals surface area contributed by atoms with Crippen molar-refractivity contribution in [3.8, 4) is 0 Å². The average Bonchev–Trinajstić information content (AvgIpc) is 2.30. The highest BCUT2D eigenvalue weighted by molar-refractivity contribution is 8.93. The quantitative estimate of drug-likeness (QED) is 0.666. The molecule has 8 heteroatoms. The van der Waals surface area contributed by atoms with Crippen molar-refractivity contribution in [3.05, 3.63) is 39.9 Å². The van der Waals surface area contributed by atoms with Crippen molar-refractivity contribution in [2.45, 2.75) is 0 Å². The van der Waals surface area contributed by atoms with Gasteiger partial charge in [0.15, 0.2) is 5.17 Å². The van der Waals surface area contributed by atoms with E-state index in [4.69, 9.17) is 5.73 Å². The zero-order chi connectivity index (χ0) is 11.5. The molecule has 2 rings (SSSR count). The molecule has 0 saturated heterocycles. The first-order chi connectivity index (χ1) is 7.66. The molecule has 17 heavy (non-hydrogen) atoms. The van der Waals surface area contributed by atoms with Crippen molar-refractivity contribution >= 4 is 45.3 Å². The molecule has 0 fully saturated rings. The van der Waals surface area contributed by atoms with Crippen LogP contribution in [0.2, 0.25) is 0 Å². The number of benzene rings is 1. The van der Waals surface area contributed by atoms with Crippen LogP contribution in [0.15, 0.2) is 34.5 Å². The summed E-state index contributed by atoms with van der Waals surface area (Å²) in [5.41, 5.74) is 7.12. The van der Waals surface area contributed by atoms with Crippen molar-refractivity contribution in [3.63, 3.8) is 0 Å². The molecule has 0 atom stereocenters. The molecule has 1 heterocycles. The Morgan fingerprint density at radius 2 is 1.94 bits per heavy atom. The van der Waals surface area contributed by atoms with Crippen LogP contribution < -0.4 is 5.73 Å². The van der Waals surface area contributed by atoms with Crippen LogP contribution >= 0.6 is 28.7 Å². The number of non-ortho nitro benzene ring substituents is 1. The van der Waals surface area contributed by atoms with E-state index in [-0.39, 0.29) is 22.7 Å². The summed E-state index contributed by atoms with van der Waals surface area (Å²) < 4.78 is 0. The van der Waals surface area contributed by atoms with Gasteiger partial charge < -0.3 is 5.73 Å². The van der Waals surface area contributed by atoms with Gasteiger partial charge in [-0.3, -0.25) is 10.1 Å².